The molecule has 1 rings (SSSR count). The summed E-state index contributed by atoms with van der Waals surface area (Å²) in [5, 5.41) is 8.95. The number of carboxylic acids is 1. The Kier molecular flexibility index (Phi) is 6.31. The van der Waals surface area contributed by atoms with E-state index in [9.17, 15) is 17.4 Å². The Bertz CT molecular complexity index is 630. The fourth-order valence-electron chi connectivity index (χ4n) is 1.40. The molecule has 0 heterocycles. The number of rotatable bonds is 7. The third kappa shape index (κ3) is 4.97. The van der Waals surface area contributed by atoms with Crippen LogP contribution in [0.15, 0.2) is 27.6 Å². The molecule has 0 spiro atoms. The van der Waals surface area contributed by atoms with E-state index < -0.39 is 26.8 Å². The molecule has 20 heavy (non-hydrogen) atoms. The lowest BCUT2D eigenvalue weighted by molar-refractivity contribution is 0.0695. The van der Waals surface area contributed by atoms with Gasteiger partial charge in [0.25, 0.3) is 0 Å². The van der Waals surface area contributed by atoms with Gasteiger partial charge in [0, 0.05) is 33.8 Å². The Balaban J connectivity index is 2.85. The Morgan fingerprint density at radius 2 is 2.10 bits per heavy atom. The number of hydrogen-bond acceptors (Lipinski definition) is 4. The van der Waals surface area contributed by atoms with Crippen LogP contribution in [0, 0.1) is 0 Å². The number of hydrogen-bond donors (Lipinski definition) is 2. The minimum absolute atomic E-state index is 0.115. The summed E-state index contributed by atoms with van der Waals surface area (Å²) in [6.45, 7) is 0.153. The fourth-order valence-corrected chi connectivity index (χ4v) is 3.47. The van der Waals surface area contributed by atoms with Crippen LogP contribution in [0.5, 0.6) is 0 Å². The van der Waals surface area contributed by atoms with Gasteiger partial charge in [-0.3, -0.25) is 4.21 Å². The van der Waals surface area contributed by atoms with Crippen LogP contribution < -0.4 is 4.72 Å². The molecule has 0 fully saturated rings. The monoisotopic (exact) mass is 383 g/mol. The zero-order chi connectivity index (χ0) is 15.3. The van der Waals surface area contributed by atoms with E-state index in [4.69, 9.17) is 5.11 Å². The van der Waals surface area contributed by atoms with Crippen LogP contribution in [0.3, 0.4) is 0 Å². The maximum Gasteiger partial charge on any atom is 0.336 e. The van der Waals surface area contributed by atoms with Crippen LogP contribution in [0.25, 0.3) is 0 Å². The minimum atomic E-state index is -3.76. The van der Waals surface area contributed by atoms with Crippen molar-refractivity contribution in [1.29, 1.82) is 0 Å². The quantitative estimate of drug-likeness (QED) is 0.688. The average Bonchev–Trinajstić information content (AvgIpc) is 2.34. The van der Waals surface area contributed by atoms with Gasteiger partial charge < -0.3 is 5.11 Å². The van der Waals surface area contributed by atoms with Gasteiger partial charge in [0.2, 0.25) is 10.0 Å². The van der Waals surface area contributed by atoms with Gasteiger partial charge in [-0.1, -0.05) is 0 Å². The van der Waals surface area contributed by atoms with E-state index in [0.29, 0.717) is 16.6 Å². The van der Waals surface area contributed by atoms with Gasteiger partial charge in [0.15, 0.2) is 0 Å². The van der Waals surface area contributed by atoms with Crippen molar-refractivity contribution in [3.8, 4) is 0 Å². The number of nitrogens with one attached hydrogen (secondary N) is 1. The molecule has 1 atom stereocenters. The molecule has 0 saturated heterocycles. The highest BCUT2D eigenvalue weighted by atomic mass is 79.9. The molecule has 2 N–H and O–H groups in total. The summed E-state index contributed by atoms with van der Waals surface area (Å²) in [6, 6.07) is 3.78. The van der Waals surface area contributed by atoms with Crippen LogP contribution in [-0.2, 0) is 20.8 Å². The summed E-state index contributed by atoms with van der Waals surface area (Å²) in [7, 11) is -4.73. The van der Waals surface area contributed by atoms with E-state index in [1.165, 1.54) is 12.1 Å². The smallest absolute Gasteiger partial charge is 0.336 e. The molecule has 1 aromatic carbocycles. The Hall–Kier alpha value is -0.770. The van der Waals surface area contributed by atoms with Gasteiger partial charge in [0.05, 0.1) is 10.5 Å². The molecule has 9 heteroatoms. The molecular weight excluding hydrogens is 370 g/mol. The van der Waals surface area contributed by atoms with Crippen LogP contribution in [0.4, 0.5) is 0 Å². The second kappa shape index (κ2) is 7.30. The predicted molar refractivity (Wildman–Crippen MR) is 79.8 cm³/mol. The summed E-state index contributed by atoms with van der Waals surface area (Å²) in [5.74, 6) is -0.807. The molecule has 0 aromatic heterocycles. The highest BCUT2D eigenvalue weighted by Crippen LogP contribution is 2.21. The largest absolute Gasteiger partial charge is 0.478 e. The number of benzene rings is 1. The van der Waals surface area contributed by atoms with Crippen LogP contribution >= 0.6 is 15.9 Å². The molecule has 112 valence electrons. The Morgan fingerprint density at radius 3 is 2.65 bits per heavy atom. The first-order valence-corrected chi connectivity index (χ1v) is 9.57. The first-order chi connectivity index (χ1) is 9.24. The van der Waals surface area contributed by atoms with Crippen molar-refractivity contribution in [3.63, 3.8) is 0 Å². The number of carboxylic acid groups (broad SMARTS) is 1. The first-order valence-electron chi connectivity index (χ1n) is 5.56. The third-order valence-electron chi connectivity index (χ3n) is 2.38. The number of carbonyl (C=O) groups is 1. The topological polar surface area (TPSA) is 101 Å². The summed E-state index contributed by atoms with van der Waals surface area (Å²) in [5.41, 5.74) is -0.123. The van der Waals surface area contributed by atoms with Crippen molar-refractivity contribution >= 4 is 42.7 Å². The average molecular weight is 384 g/mol. The van der Waals surface area contributed by atoms with E-state index in [1.807, 2.05) is 0 Å². The summed E-state index contributed by atoms with van der Waals surface area (Å²) in [4.78, 5) is 10.8. The van der Waals surface area contributed by atoms with E-state index in [0.717, 1.165) is 6.07 Å². The molecule has 1 unspecified atom stereocenters. The Morgan fingerprint density at radius 1 is 1.45 bits per heavy atom. The predicted octanol–water partition coefficient (Wildman–Crippen LogP) is 1.19. The van der Waals surface area contributed by atoms with Gasteiger partial charge >= 0.3 is 5.97 Å². The zero-order valence-electron chi connectivity index (χ0n) is 10.6. The second-order valence-electron chi connectivity index (χ2n) is 3.98. The normalized spacial score (nSPS) is 13.1. The molecule has 6 nitrogen and oxygen atoms in total. The molecule has 0 amide bonds. The number of halogens is 1. The van der Waals surface area contributed by atoms with Crippen molar-refractivity contribution in [3.05, 3.63) is 28.2 Å². The van der Waals surface area contributed by atoms with Gasteiger partial charge in [0.1, 0.15) is 0 Å². The second-order valence-corrected chi connectivity index (χ2v) is 8.15. The lowest BCUT2D eigenvalue weighted by Crippen LogP contribution is -2.26. The molecule has 0 saturated carbocycles. The molecule has 0 bridgehead atoms. The van der Waals surface area contributed by atoms with Crippen molar-refractivity contribution in [2.45, 2.75) is 11.3 Å². The lowest BCUT2D eigenvalue weighted by Gasteiger charge is -2.08. The SMILES string of the molecule is CS(=O)CCCNS(=O)(=O)c1ccc(Br)c(C(=O)O)c1. The van der Waals surface area contributed by atoms with Crippen molar-refractivity contribution in [1.82, 2.24) is 4.72 Å². The van der Waals surface area contributed by atoms with Crippen molar-refractivity contribution < 1.29 is 22.5 Å². The van der Waals surface area contributed by atoms with Gasteiger partial charge in [-0.05, 0) is 40.5 Å². The highest BCUT2D eigenvalue weighted by Gasteiger charge is 2.17. The first kappa shape index (κ1) is 17.3. The highest BCUT2D eigenvalue weighted by molar-refractivity contribution is 9.10. The zero-order valence-corrected chi connectivity index (χ0v) is 13.8. The molecule has 0 aliphatic rings. The molecular formula is C11H14BrNO5S2. The van der Waals surface area contributed by atoms with Crippen molar-refractivity contribution in [2.24, 2.45) is 0 Å². The van der Waals surface area contributed by atoms with Gasteiger partial charge in [-0.25, -0.2) is 17.9 Å². The molecule has 0 radical (unpaired) electrons. The van der Waals surface area contributed by atoms with Crippen LogP contribution in [-0.4, -0.2) is 42.3 Å². The van der Waals surface area contributed by atoms with E-state index in [2.05, 4.69) is 20.7 Å². The van der Waals surface area contributed by atoms with E-state index in [-0.39, 0.29) is 17.0 Å². The van der Waals surface area contributed by atoms with E-state index in [1.54, 1.807) is 6.26 Å². The summed E-state index contributed by atoms with van der Waals surface area (Å²) in [6.07, 6.45) is 1.99. The maximum absolute atomic E-state index is 12.0. The maximum atomic E-state index is 12.0. The minimum Gasteiger partial charge on any atom is -0.478 e. The van der Waals surface area contributed by atoms with E-state index >= 15 is 0 Å². The Labute approximate surface area is 128 Å². The van der Waals surface area contributed by atoms with Gasteiger partial charge in [-0.2, -0.15) is 0 Å². The number of aromatic carboxylic acids is 1. The van der Waals surface area contributed by atoms with Crippen molar-refractivity contribution in [2.75, 3.05) is 18.6 Å². The van der Waals surface area contributed by atoms with Crippen LogP contribution in [0.2, 0.25) is 0 Å². The standard InChI is InChI=1S/C11H14BrNO5S2/c1-19(16)6-2-5-13-20(17,18)8-3-4-10(12)9(7-8)11(14)15/h3-4,7,13H,2,5-6H2,1H3,(H,14,15). The molecule has 0 aliphatic heterocycles. The molecule has 1 aromatic rings. The van der Waals surface area contributed by atoms with Gasteiger partial charge in [-0.15, -0.1) is 0 Å². The third-order valence-corrected chi connectivity index (χ3v) is 5.39. The summed E-state index contributed by atoms with van der Waals surface area (Å²) < 4.78 is 37.5. The number of sulfonamides is 1. The fraction of sp³-hybridized carbons (Fsp3) is 0.364. The molecule has 0 aliphatic carbocycles. The lowest BCUT2D eigenvalue weighted by atomic mass is 10.2. The van der Waals surface area contributed by atoms with Crippen LogP contribution in [0.1, 0.15) is 16.8 Å². The summed E-state index contributed by atoms with van der Waals surface area (Å²) >= 11 is 3.05.